The smallest absolute Gasteiger partial charge is 0.325 e. The van der Waals surface area contributed by atoms with E-state index in [0.29, 0.717) is 11.8 Å². The van der Waals surface area contributed by atoms with E-state index in [4.69, 9.17) is 0 Å². The van der Waals surface area contributed by atoms with Crippen LogP contribution in [0.15, 0.2) is 80.5 Å². The molecule has 31 heavy (non-hydrogen) atoms. The molecule has 3 rings (SSSR count). The fourth-order valence-electron chi connectivity index (χ4n) is 2.45. The minimum Gasteiger partial charge on any atom is -0.325 e. The van der Waals surface area contributed by atoms with Crippen LogP contribution < -0.4 is 10.9 Å². The molecule has 0 bridgehead atoms. The van der Waals surface area contributed by atoms with Gasteiger partial charge in [0.25, 0.3) is 5.56 Å². The number of hydrogen-bond donors (Lipinski definition) is 2. The molecule has 1 aromatic heterocycles. The lowest BCUT2D eigenvalue weighted by Gasteiger charge is -2.09. The van der Waals surface area contributed by atoms with Gasteiger partial charge in [-0.2, -0.15) is 13.2 Å². The molecule has 3 aromatic rings. The van der Waals surface area contributed by atoms with Gasteiger partial charge in [0.05, 0.1) is 22.4 Å². The molecule has 1 amide bonds. The SMILES string of the molecule is O=C(CSc1ncc(S(=O)(=O)c2cccc(C(F)(F)F)c2)c(=O)[nH]1)Nc1ccccc1. The van der Waals surface area contributed by atoms with Crippen molar-refractivity contribution < 1.29 is 26.4 Å². The van der Waals surface area contributed by atoms with Crippen LogP contribution in [0.5, 0.6) is 0 Å². The molecule has 2 aromatic carbocycles. The predicted octanol–water partition coefficient (Wildman–Crippen LogP) is 3.35. The van der Waals surface area contributed by atoms with E-state index in [1.807, 2.05) is 0 Å². The second-order valence-electron chi connectivity index (χ2n) is 6.11. The summed E-state index contributed by atoms with van der Waals surface area (Å²) in [4.78, 5) is 28.8. The van der Waals surface area contributed by atoms with Gasteiger partial charge in [-0.15, -0.1) is 0 Å². The highest BCUT2D eigenvalue weighted by molar-refractivity contribution is 7.99. The molecule has 0 saturated carbocycles. The fraction of sp³-hybridized carbons (Fsp3) is 0.105. The van der Waals surface area contributed by atoms with E-state index in [-0.39, 0.29) is 16.8 Å². The number of anilines is 1. The Morgan fingerprint density at radius 2 is 1.81 bits per heavy atom. The number of sulfone groups is 1. The summed E-state index contributed by atoms with van der Waals surface area (Å²) in [5.74, 6) is -0.489. The van der Waals surface area contributed by atoms with Crippen LogP contribution in [0.2, 0.25) is 0 Å². The number of aromatic amines is 1. The first-order valence-corrected chi connectivity index (χ1v) is 11.0. The van der Waals surface area contributed by atoms with Crippen molar-refractivity contribution in [3.05, 3.63) is 76.7 Å². The summed E-state index contributed by atoms with van der Waals surface area (Å²) in [6, 6.07) is 11.7. The normalized spacial score (nSPS) is 11.8. The Hall–Kier alpha value is -3.12. The summed E-state index contributed by atoms with van der Waals surface area (Å²) < 4.78 is 63.8. The number of alkyl halides is 3. The third-order valence-corrected chi connectivity index (χ3v) is 6.53. The molecule has 12 heteroatoms. The second-order valence-corrected chi connectivity index (χ2v) is 9.00. The lowest BCUT2D eigenvalue weighted by atomic mass is 10.2. The first-order valence-electron chi connectivity index (χ1n) is 8.57. The Morgan fingerprint density at radius 1 is 1.10 bits per heavy atom. The number of nitrogens with zero attached hydrogens (tertiary/aromatic N) is 1. The van der Waals surface area contributed by atoms with Crippen LogP contribution in [0.4, 0.5) is 18.9 Å². The van der Waals surface area contributed by atoms with Gasteiger partial charge in [0.15, 0.2) is 10.1 Å². The van der Waals surface area contributed by atoms with Gasteiger partial charge in [-0.05, 0) is 30.3 Å². The summed E-state index contributed by atoms with van der Waals surface area (Å²) in [6.45, 7) is 0. The van der Waals surface area contributed by atoms with Gasteiger partial charge in [0.1, 0.15) is 0 Å². The highest BCUT2D eigenvalue weighted by atomic mass is 32.2. The number of para-hydroxylation sites is 1. The van der Waals surface area contributed by atoms with Crippen LogP contribution in [0.1, 0.15) is 5.56 Å². The summed E-state index contributed by atoms with van der Waals surface area (Å²) >= 11 is 0.861. The molecular weight excluding hydrogens is 455 g/mol. The first kappa shape index (κ1) is 22.6. The van der Waals surface area contributed by atoms with Crippen molar-refractivity contribution in [1.82, 2.24) is 9.97 Å². The maximum absolute atomic E-state index is 12.9. The zero-order valence-corrected chi connectivity index (χ0v) is 17.1. The number of hydrogen-bond acceptors (Lipinski definition) is 6. The lowest BCUT2D eigenvalue weighted by Crippen LogP contribution is -2.20. The van der Waals surface area contributed by atoms with Crippen molar-refractivity contribution in [3.8, 4) is 0 Å². The molecule has 0 aliphatic heterocycles. The maximum Gasteiger partial charge on any atom is 0.416 e. The van der Waals surface area contributed by atoms with Gasteiger partial charge in [-0.3, -0.25) is 9.59 Å². The quantitative estimate of drug-likeness (QED) is 0.423. The summed E-state index contributed by atoms with van der Waals surface area (Å²) in [5.41, 5.74) is -1.63. The molecule has 0 saturated heterocycles. The van der Waals surface area contributed by atoms with Crippen LogP contribution in [-0.2, 0) is 20.8 Å². The monoisotopic (exact) mass is 469 g/mol. The van der Waals surface area contributed by atoms with E-state index in [0.717, 1.165) is 36.2 Å². The largest absolute Gasteiger partial charge is 0.416 e. The number of halogens is 3. The van der Waals surface area contributed by atoms with Crippen LogP contribution in [0, 0.1) is 0 Å². The number of amides is 1. The van der Waals surface area contributed by atoms with E-state index >= 15 is 0 Å². The molecule has 0 spiro atoms. The third kappa shape index (κ3) is 5.52. The van der Waals surface area contributed by atoms with Gasteiger partial charge in [-0.25, -0.2) is 13.4 Å². The number of carbonyl (C=O) groups is 1. The Balaban J connectivity index is 1.76. The minimum atomic E-state index is -4.74. The summed E-state index contributed by atoms with van der Waals surface area (Å²) in [6.07, 6.45) is -3.98. The average Bonchev–Trinajstić information content (AvgIpc) is 2.72. The van der Waals surface area contributed by atoms with Crippen LogP contribution >= 0.6 is 11.8 Å². The number of H-pyrrole nitrogens is 1. The maximum atomic E-state index is 12.9. The minimum absolute atomic E-state index is 0.0174. The van der Waals surface area contributed by atoms with E-state index < -0.39 is 36.9 Å². The number of aromatic nitrogens is 2. The highest BCUT2D eigenvalue weighted by Gasteiger charge is 2.32. The second kappa shape index (κ2) is 8.94. The molecule has 0 unspecified atom stereocenters. The fourth-order valence-corrected chi connectivity index (χ4v) is 4.36. The number of benzene rings is 2. The van der Waals surface area contributed by atoms with E-state index in [1.54, 1.807) is 30.3 Å². The number of rotatable bonds is 6. The van der Waals surface area contributed by atoms with Crippen molar-refractivity contribution >= 4 is 33.2 Å². The molecule has 0 atom stereocenters. The molecule has 2 N–H and O–H groups in total. The third-order valence-electron chi connectivity index (χ3n) is 3.90. The molecule has 0 aliphatic rings. The van der Waals surface area contributed by atoms with Gasteiger partial charge < -0.3 is 10.3 Å². The van der Waals surface area contributed by atoms with Crippen molar-refractivity contribution in [2.24, 2.45) is 0 Å². The summed E-state index contributed by atoms with van der Waals surface area (Å²) in [5, 5.41) is 2.62. The van der Waals surface area contributed by atoms with Crippen molar-refractivity contribution in [2.75, 3.05) is 11.1 Å². The Bertz CT molecular complexity index is 1260. The zero-order chi connectivity index (χ0) is 22.6. The standard InChI is InChI=1S/C19H14F3N3O4S2/c20-19(21,22)12-5-4-8-14(9-12)31(28,29)15-10-23-18(25-17(15)27)30-11-16(26)24-13-6-2-1-3-7-13/h1-10H,11H2,(H,24,26)(H,23,25,27). The van der Waals surface area contributed by atoms with Gasteiger partial charge in [0.2, 0.25) is 15.7 Å². The molecule has 0 radical (unpaired) electrons. The van der Waals surface area contributed by atoms with Crippen LogP contribution in [0.25, 0.3) is 0 Å². The van der Waals surface area contributed by atoms with Crippen LogP contribution in [0.3, 0.4) is 0 Å². The predicted molar refractivity (Wildman–Crippen MR) is 108 cm³/mol. The van der Waals surface area contributed by atoms with Crippen molar-refractivity contribution in [1.29, 1.82) is 0 Å². The van der Waals surface area contributed by atoms with Crippen LogP contribution in [-0.4, -0.2) is 30.0 Å². The molecule has 0 aliphatic carbocycles. The zero-order valence-electron chi connectivity index (χ0n) is 15.5. The summed E-state index contributed by atoms with van der Waals surface area (Å²) in [7, 11) is -4.54. The topological polar surface area (TPSA) is 109 Å². The average molecular weight is 469 g/mol. The van der Waals surface area contributed by atoms with E-state index in [9.17, 15) is 31.2 Å². The molecule has 162 valence electrons. The molecule has 1 heterocycles. The number of carbonyl (C=O) groups excluding carboxylic acids is 1. The number of nitrogens with one attached hydrogen (secondary N) is 2. The number of thioether (sulfide) groups is 1. The van der Waals surface area contributed by atoms with Crippen molar-refractivity contribution in [3.63, 3.8) is 0 Å². The van der Waals surface area contributed by atoms with E-state index in [1.165, 1.54) is 0 Å². The Labute approximate surface area is 178 Å². The van der Waals surface area contributed by atoms with Crippen molar-refractivity contribution in [2.45, 2.75) is 21.1 Å². The Morgan fingerprint density at radius 3 is 2.45 bits per heavy atom. The van der Waals surface area contributed by atoms with Gasteiger partial charge in [-0.1, -0.05) is 36.0 Å². The molecule has 7 nitrogen and oxygen atoms in total. The first-order chi connectivity index (χ1) is 14.6. The van der Waals surface area contributed by atoms with Gasteiger partial charge >= 0.3 is 6.18 Å². The molecular formula is C19H14F3N3O4S2. The highest BCUT2D eigenvalue weighted by Crippen LogP contribution is 2.31. The molecule has 0 fully saturated rings. The Kier molecular flexibility index (Phi) is 6.51. The lowest BCUT2D eigenvalue weighted by molar-refractivity contribution is -0.137. The van der Waals surface area contributed by atoms with E-state index in [2.05, 4.69) is 15.3 Å². The van der Waals surface area contributed by atoms with Gasteiger partial charge in [0, 0.05) is 5.69 Å².